The highest BCUT2D eigenvalue weighted by molar-refractivity contribution is 14.0. The number of carbonyl (C=O) groups excluding carboxylic acids is 1. The minimum absolute atomic E-state index is 0. The maximum atomic E-state index is 12.0. The molecule has 1 aromatic carbocycles. The number of hydrogen-bond donors (Lipinski definition) is 3. The van der Waals surface area contributed by atoms with Crippen LogP contribution in [0.5, 0.6) is 0 Å². The normalized spacial score (nSPS) is 18.2. The molecule has 0 bridgehead atoms. The topological polar surface area (TPSA) is 96.2 Å². The van der Waals surface area contributed by atoms with Crippen LogP contribution in [0, 0.1) is 0 Å². The zero-order chi connectivity index (χ0) is 20.8. The summed E-state index contributed by atoms with van der Waals surface area (Å²) in [5, 5.41) is 18.5. The smallest absolute Gasteiger partial charge is 0.225 e. The predicted octanol–water partition coefficient (Wildman–Crippen LogP) is 2.85. The summed E-state index contributed by atoms with van der Waals surface area (Å²) in [6.07, 6.45) is 7.12. The second-order valence-corrected chi connectivity index (χ2v) is 8.01. The van der Waals surface area contributed by atoms with E-state index in [1.54, 1.807) is 7.05 Å². The van der Waals surface area contributed by atoms with Gasteiger partial charge in [0.25, 0.3) is 0 Å². The van der Waals surface area contributed by atoms with E-state index in [4.69, 9.17) is 0 Å². The Hall–Kier alpha value is -2.17. The summed E-state index contributed by atoms with van der Waals surface area (Å²) >= 11 is 0. The molecule has 0 aliphatic carbocycles. The summed E-state index contributed by atoms with van der Waals surface area (Å²) in [6.45, 7) is 2.52. The van der Waals surface area contributed by atoms with Gasteiger partial charge in [-0.1, -0.05) is 24.6 Å². The molecule has 1 aromatic heterocycles. The second-order valence-electron chi connectivity index (χ2n) is 8.01. The molecule has 3 N–H and O–H groups in total. The van der Waals surface area contributed by atoms with Crippen molar-refractivity contribution in [3.05, 3.63) is 41.5 Å². The first kappa shape index (κ1) is 23.5. The number of carbonyl (C=O) groups is 1. The maximum Gasteiger partial charge on any atom is 0.225 e. The molecule has 3 heterocycles. The van der Waals surface area contributed by atoms with Gasteiger partial charge >= 0.3 is 0 Å². The van der Waals surface area contributed by atoms with Gasteiger partial charge in [-0.15, -0.1) is 34.2 Å². The quantitative estimate of drug-likeness (QED) is 0.228. The molecule has 0 spiro atoms. The van der Waals surface area contributed by atoms with Crippen LogP contribution in [0.2, 0.25) is 0 Å². The maximum absolute atomic E-state index is 12.0. The summed E-state index contributed by atoms with van der Waals surface area (Å²) in [6, 6.07) is 8.00. The Morgan fingerprint density at radius 3 is 2.97 bits per heavy atom. The van der Waals surface area contributed by atoms with Crippen molar-refractivity contribution in [3.8, 4) is 0 Å². The number of aryl methyl sites for hydroxylation is 2. The number of rotatable bonds is 6. The number of hydrogen-bond acceptors (Lipinski definition) is 4. The SMILES string of the molecule is CN=C(NCCCc1nnc2n1CCCCC2)NCC1CC(=O)Nc2ccccc21.I. The Balaban J connectivity index is 0.00000272. The summed E-state index contributed by atoms with van der Waals surface area (Å²) < 4.78 is 2.31. The van der Waals surface area contributed by atoms with Crippen molar-refractivity contribution < 1.29 is 4.79 Å². The largest absolute Gasteiger partial charge is 0.356 e. The van der Waals surface area contributed by atoms with Gasteiger partial charge in [-0.05, 0) is 30.9 Å². The molecule has 9 heteroatoms. The molecular formula is C22H32IN7O. The van der Waals surface area contributed by atoms with Gasteiger partial charge in [0, 0.05) is 57.5 Å². The van der Waals surface area contributed by atoms with Gasteiger partial charge in [-0.2, -0.15) is 0 Å². The van der Waals surface area contributed by atoms with Gasteiger partial charge < -0.3 is 20.5 Å². The number of fused-ring (bicyclic) bond motifs is 2. The van der Waals surface area contributed by atoms with Crippen LogP contribution in [0.3, 0.4) is 0 Å². The van der Waals surface area contributed by atoms with Crippen molar-refractivity contribution in [2.24, 2.45) is 4.99 Å². The van der Waals surface area contributed by atoms with Crippen LogP contribution in [0.4, 0.5) is 5.69 Å². The van der Waals surface area contributed by atoms with E-state index in [9.17, 15) is 4.79 Å². The van der Waals surface area contributed by atoms with E-state index >= 15 is 0 Å². The molecule has 168 valence electrons. The standard InChI is InChI=1S/C22H31N7O.HI/c1-23-22(25-15-16-14-21(30)26-18-9-5-4-8-17(16)18)24-12-7-11-20-28-27-19-10-3-2-6-13-29(19)20;/h4-5,8-9,16H,2-3,6-7,10-15H2,1H3,(H,26,30)(H2,23,24,25);1H. The molecule has 0 saturated heterocycles. The zero-order valence-electron chi connectivity index (χ0n) is 18.1. The summed E-state index contributed by atoms with van der Waals surface area (Å²) in [5.41, 5.74) is 2.09. The van der Waals surface area contributed by atoms with Gasteiger partial charge in [0.2, 0.25) is 5.91 Å². The van der Waals surface area contributed by atoms with Crippen molar-refractivity contribution >= 4 is 41.5 Å². The number of para-hydroxylation sites is 1. The molecule has 1 unspecified atom stereocenters. The molecule has 2 aliphatic heterocycles. The van der Waals surface area contributed by atoms with Crippen LogP contribution in [0.15, 0.2) is 29.3 Å². The second kappa shape index (κ2) is 11.4. The summed E-state index contributed by atoms with van der Waals surface area (Å²) in [4.78, 5) is 16.3. The third-order valence-electron chi connectivity index (χ3n) is 5.90. The molecule has 0 fully saturated rings. The Bertz CT molecular complexity index is 911. The highest BCUT2D eigenvalue weighted by atomic mass is 127. The van der Waals surface area contributed by atoms with Gasteiger partial charge in [0.05, 0.1) is 0 Å². The molecule has 2 aromatic rings. The molecule has 1 atom stereocenters. The molecule has 0 saturated carbocycles. The first-order valence-corrected chi connectivity index (χ1v) is 11.0. The molecule has 0 radical (unpaired) electrons. The fraction of sp³-hybridized carbons (Fsp3) is 0.545. The molecule has 1 amide bonds. The number of benzene rings is 1. The monoisotopic (exact) mass is 537 g/mol. The van der Waals surface area contributed by atoms with Crippen molar-refractivity contribution in [1.29, 1.82) is 0 Å². The average molecular weight is 537 g/mol. The number of nitrogens with one attached hydrogen (secondary N) is 3. The van der Waals surface area contributed by atoms with Crippen molar-refractivity contribution in [2.75, 3.05) is 25.5 Å². The van der Waals surface area contributed by atoms with Crippen molar-refractivity contribution in [3.63, 3.8) is 0 Å². The third kappa shape index (κ3) is 5.96. The lowest BCUT2D eigenvalue weighted by Crippen LogP contribution is -2.41. The van der Waals surface area contributed by atoms with Gasteiger partial charge in [0.1, 0.15) is 11.6 Å². The lowest BCUT2D eigenvalue weighted by atomic mass is 9.90. The van der Waals surface area contributed by atoms with Crippen molar-refractivity contribution in [1.82, 2.24) is 25.4 Å². The van der Waals surface area contributed by atoms with Crippen LogP contribution in [-0.2, 0) is 24.2 Å². The Morgan fingerprint density at radius 1 is 1.23 bits per heavy atom. The van der Waals surface area contributed by atoms with E-state index in [0.29, 0.717) is 13.0 Å². The number of aromatic nitrogens is 3. The average Bonchev–Trinajstić information content (AvgIpc) is 2.98. The lowest BCUT2D eigenvalue weighted by Gasteiger charge is -2.26. The fourth-order valence-corrected chi connectivity index (χ4v) is 4.31. The minimum atomic E-state index is 0. The van der Waals surface area contributed by atoms with Gasteiger partial charge in [0.15, 0.2) is 5.96 Å². The lowest BCUT2D eigenvalue weighted by molar-refractivity contribution is -0.116. The minimum Gasteiger partial charge on any atom is -0.356 e. The molecule has 2 aliphatic rings. The van der Waals surface area contributed by atoms with E-state index in [0.717, 1.165) is 55.6 Å². The summed E-state index contributed by atoms with van der Waals surface area (Å²) in [5.74, 6) is 3.21. The molecular weight excluding hydrogens is 505 g/mol. The van der Waals surface area contributed by atoms with Gasteiger partial charge in [-0.25, -0.2) is 0 Å². The van der Waals surface area contributed by atoms with E-state index in [-0.39, 0.29) is 35.8 Å². The van der Waals surface area contributed by atoms with Crippen LogP contribution < -0.4 is 16.0 Å². The number of halogens is 1. The van der Waals surface area contributed by atoms with Crippen LogP contribution >= 0.6 is 24.0 Å². The van der Waals surface area contributed by atoms with E-state index in [2.05, 4.69) is 41.8 Å². The van der Waals surface area contributed by atoms with Crippen molar-refractivity contribution in [2.45, 2.75) is 57.4 Å². The third-order valence-corrected chi connectivity index (χ3v) is 5.90. The molecule has 4 rings (SSSR count). The van der Waals surface area contributed by atoms with E-state index in [1.807, 2.05) is 18.2 Å². The van der Waals surface area contributed by atoms with Crippen LogP contribution in [0.1, 0.15) is 55.2 Å². The number of nitrogens with zero attached hydrogens (tertiary/aromatic N) is 4. The molecule has 31 heavy (non-hydrogen) atoms. The predicted molar refractivity (Wildman–Crippen MR) is 133 cm³/mol. The van der Waals surface area contributed by atoms with E-state index in [1.165, 1.54) is 24.8 Å². The van der Waals surface area contributed by atoms with Crippen LogP contribution in [0.25, 0.3) is 0 Å². The molecule has 8 nitrogen and oxygen atoms in total. The highest BCUT2D eigenvalue weighted by Crippen LogP contribution is 2.31. The number of aliphatic imine (C=N–C) groups is 1. The van der Waals surface area contributed by atoms with E-state index < -0.39 is 0 Å². The van der Waals surface area contributed by atoms with Crippen LogP contribution in [-0.4, -0.2) is 46.8 Å². The first-order valence-electron chi connectivity index (χ1n) is 11.0. The Kier molecular flexibility index (Phi) is 8.68. The number of amides is 1. The Labute approximate surface area is 200 Å². The zero-order valence-corrected chi connectivity index (χ0v) is 20.4. The highest BCUT2D eigenvalue weighted by Gasteiger charge is 2.24. The first-order chi connectivity index (χ1) is 14.7. The number of guanidine groups is 1. The Morgan fingerprint density at radius 2 is 2.10 bits per heavy atom. The summed E-state index contributed by atoms with van der Waals surface area (Å²) in [7, 11) is 1.77. The fourth-order valence-electron chi connectivity index (χ4n) is 4.31. The number of anilines is 1. The van der Waals surface area contributed by atoms with Gasteiger partial charge in [-0.3, -0.25) is 9.79 Å².